The van der Waals surface area contributed by atoms with Crippen LogP contribution in [0.3, 0.4) is 0 Å². The molecule has 0 spiro atoms. The Morgan fingerprint density at radius 1 is 1.50 bits per heavy atom. The number of hydrogen-bond acceptors (Lipinski definition) is 1. The predicted molar refractivity (Wildman–Crippen MR) is 56.2 cm³/mol. The molecule has 0 fully saturated rings. The Kier molecular flexibility index (Phi) is 1.74. The molecular weight excluding hydrogens is 174 g/mol. The summed E-state index contributed by atoms with van der Waals surface area (Å²) in [6.45, 7) is 7.74. The smallest absolute Gasteiger partial charge is 0.252 e. The highest BCUT2D eigenvalue weighted by atomic mass is 16.2. The summed E-state index contributed by atoms with van der Waals surface area (Å²) in [4.78, 5) is 11.6. The molecule has 1 unspecified atom stereocenters. The van der Waals surface area contributed by atoms with Gasteiger partial charge in [0, 0.05) is 5.56 Å². The van der Waals surface area contributed by atoms with Crippen molar-refractivity contribution in [3.8, 4) is 0 Å². The zero-order valence-corrected chi connectivity index (χ0v) is 8.42. The van der Waals surface area contributed by atoms with Gasteiger partial charge < -0.3 is 5.32 Å². The van der Waals surface area contributed by atoms with Gasteiger partial charge in [-0.2, -0.15) is 0 Å². The molecule has 2 heteroatoms. The van der Waals surface area contributed by atoms with Crippen LogP contribution in [0.5, 0.6) is 0 Å². The molecule has 0 aliphatic carbocycles. The van der Waals surface area contributed by atoms with Gasteiger partial charge in [-0.1, -0.05) is 23.8 Å². The summed E-state index contributed by atoms with van der Waals surface area (Å²) in [6, 6.07) is 5.86. The molecule has 72 valence electrons. The lowest BCUT2D eigenvalue weighted by atomic mass is 9.91. The molecular formula is C12H13NO. The molecule has 1 aromatic carbocycles. The first kappa shape index (κ1) is 9.00. The Bertz CT molecular complexity index is 422. The van der Waals surface area contributed by atoms with E-state index in [1.165, 1.54) is 0 Å². The van der Waals surface area contributed by atoms with E-state index in [9.17, 15) is 4.79 Å². The minimum atomic E-state index is -0.404. The van der Waals surface area contributed by atoms with E-state index in [1.807, 2.05) is 32.0 Å². The molecule has 0 saturated carbocycles. The standard InChI is InChI=1S/C12H13NO/c1-4-12(3)10-7-8(2)5-6-9(10)11(14)13-12/h4-7H,1H2,2-3H3,(H,13,14). The minimum Gasteiger partial charge on any atom is -0.339 e. The zero-order chi connectivity index (χ0) is 10.3. The molecule has 14 heavy (non-hydrogen) atoms. The van der Waals surface area contributed by atoms with Crippen LogP contribution < -0.4 is 5.32 Å². The van der Waals surface area contributed by atoms with Gasteiger partial charge in [-0.3, -0.25) is 4.79 Å². The molecule has 1 aliphatic heterocycles. The van der Waals surface area contributed by atoms with E-state index in [2.05, 4.69) is 11.9 Å². The van der Waals surface area contributed by atoms with Gasteiger partial charge in [0.05, 0.1) is 5.54 Å². The van der Waals surface area contributed by atoms with Gasteiger partial charge in [-0.15, -0.1) is 6.58 Å². The molecule has 1 amide bonds. The van der Waals surface area contributed by atoms with Crippen molar-refractivity contribution < 1.29 is 4.79 Å². The van der Waals surface area contributed by atoms with E-state index in [0.717, 1.165) is 16.7 Å². The molecule has 0 saturated heterocycles. The lowest BCUT2D eigenvalue weighted by Crippen LogP contribution is -2.33. The number of nitrogens with one attached hydrogen (secondary N) is 1. The molecule has 1 heterocycles. The normalized spacial score (nSPS) is 24.3. The summed E-state index contributed by atoms with van der Waals surface area (Å²) in [5, 5.41) is 2.92. The molecule has 1 atom stereocenters. The largest absolute Gasteiger partial charge is 0.339 e. The maximum absolute atomic E-state index is 11.6. The molecule has 2 nitrogen and oxygen atoms in total. The van der Waals surface area contributed by atoms with Gasteiger partial charge in [0.1, 0.15) is 0 Å². The number of carbonyl (C=O) groups is 1. The Balaban J connectivity index is 2.68. The highest BCUT2D eigenvalue weighted by Crippen LogP contribution is 2.32. The fourth-order valence-electron chi connectivity index (χ4n) is 1.82. The molecule has 1 aliphatic rings. The second-order valence-electron chi connectivity index (χ2n) is 3.91. The van der Waals surface area contributed by atoms with Crippen LogP contribution in [0.1, 0.15) is 28.4 Å². The number of aryl methyl sites for hydroxylation is 1. The van der Waals surface area contributed by atoms with Crippen molar-refractivity contribution in [1.82, 2.24) is 5.32 Å². The van der Waals surface area contributed by atoms with Crippen molar-refractivity contribution in [2.75, 3.05) is 0 Å². The van der Waals surface area contributed by atoms with Crippen LogP contribution in [-0.2, 0) is 5.54 Å². The number of rotatable bonds is 1. The van der Waals surface area contributed by atoms with Crippen LogP contribution >= 0.6 is 0 Å². The van der Waals surface area contributed by atoms with Crippen LogP contribution in [0, 0.1) is 6.92 Å². The maximum Gasteiger partial charge on any atom is 0.252 e. The number of amides is 1. The SMILES string of the molecule is C=CC1(C)NC(=O)c2ccc(C)cc21. The van der Waals surface area contributed by atoms with Crippen LogP contribution in [0.4, 0.5) is 0 Å². The van der Waals surface area contributed by atoms with E-state index in [0.29, 0.717) is 0 Å². The van der Waals surface area contributed by atoms with E-state index in [4.69, 9.17) is 0 Å². The zero-order valence-electron chi connectivity index (χ0n) is 8.42. The van der Waals surface area contributed by atoms with Crippen molar-refractivity contribution in [3.05, 3.63) is 47.5 Å². The quantitative estimate of drug-likeness (QED) is 0.670. The van der Waals surface area contributed by atoms with E-state index >= 15 is 0 Å². The fraction of sp³-hybridized carbons (Fsp3) is 0.250. The Morgan fingerprint density at radius 2 is 2.21 bits per heavy atom. The molecule has 0 bridgehead atoms. The second-order valence-corrected chi connectivity index (χ2v) is 3.91. The lowest BCUT2D eigenvalue weighted by Gasteiger charge is -2.20. The highest BCUT2D eigenvalue weighted by Gasteiger charge is 2.36. The van der Waals surface area contributed by atoms with Gasteiger partial charge in [0.25, 0.3) is 5.91 Å². The van der Waals surface area contributed by atoms with E-state index in [-0.39, 0.29) is 5.91 Å². The molecule has 0 radical (unpaired) electrons. The molecule has 1 aromatic rings. The third-order valence-electron chi connectivity index (χ3n) is 2.76. The maximum atomic E-state index is 11.6. The average molecular weight is 187 g/mol. The molecule has 1 N–H and O–H groups in total. The van der Waals surface area contributed by atoms with Crippen molar-refractivity contribution in [1.29, 1.82) is 0 Å². The van der Waals surface area contributed by atoms with Crippen molar-refractivity contribution in [2.45, 2.75) is 19.4 Å². The third-order valence-corrected chi connectivity index (χ3v) is 2.76. The summed E-state index contributed by atoms with van der Waals surface area (Å²) in [5.41, 5.74) is 2.54. The first-order valence-electron chi connectivity index (χ1n) is 4.64. The van der Waals surface area contributed by atoms with Gasteiger partial charge in [0.15, 0.2) is 0 Å². The predicted octanol–water partition coefficient (Wildman–Crippen LogP) is 2.14. The van der Waals surface area contributed by atoms with Crippen molar-refractivity contribution in [2.24, 2.45) is 0 Å². The summed E-state index contributed by atoms with van der Waals surface area (Å²) >= 11 is 0. The Morgan fingerprint density at radius 3 is 2.86 bits per heavy atom. The van der Waals surface area contributed by atoms with Crippen molar-refractivity contribution in [3.63, 3.8) is 0 Å². The number of hydrogen-bond donors (Lipinski definition) is 1. The van der Waals surface area contributed by atoms with Gasteiger partial charge in [-0.05, 0) is 25.5 Å². The second kappa shape index (κ2) is 2.71. The number of carbonyl (C=O) groups excluding carboxylic acids is 1. The Hall–Kier alpha value is -1.57. The minimum absolute atomic E-state index is 0.0117. The number of benzene rings is 1. The van der Waals surface area contributed by atoms with Crippen LogP contribution in [0.15, 0.2) is 30.9 Å². The Labute approximate surface area is 83.6 Å². The van der Waals surface area contributed by atoms with Crippen LogP contribution in [-0.4, -0.2) is 5.91 Å². The van der Waals surface area contributed by atoms with Crippen molar-refractivity contribution >= 4 is 5.91 Å². The average Bonchev–Trinajstić information content (AvgIpc) is 2.40. The fourth-order valence-corrected chi connectivity index (χ4v) is 1.82. The third kappa shape index (κ3) is 1.07. The van der Waals surface area contributed by atoms with E-state index in [1.54, 1.807) is 6.08 Å². The summed E-state index contributed by atoms with van der Waals surface area (Å²) in [6.07, 6.45) is 1.77. The van der Waals surface area contributed by atoms with Gasteiger partial charge in [0.2, 0.25) is 0 Å². The van der Waals surface area contributed by atoms with Gasteiger partial charge in [-0.25, -0.2) is 0 Å². The highest BCUT2D eigenvalue weighted by molar-refractivity contribution is 6.00. The van der Waals surface area contributed by atoms with Crippen LogP contribution in [0.2, 0.25) is 0 Å². The van der Waals surface area contributed by atoms with Gasteiger partial charge >= 0.3 is 0 Å². The molecule has 2 rings (SSSR count). The van der Waals surface area contributed by atoms with Crippen LogP contribution in [0.25, 0.3) is 0 Å². The monoisotopic (exact) mass is 187 g/mol. The molecule has 0 aromatic heterocycles. The lowest BCUT2D eigenvalue weighted by molar-refractivity contribution is 0.0946. The van der Waals surface area contributed by atoms with E-state index < -0.39 is 5.54 Å². The first-order valence-corrected chi connectivity index (χ1v) is 4.64. The summed E-state index contributed by atoms with van der Waals surface area (Å²) in [7, 11) is 0. The summed E-state index contributed by atoms with van der Waals surface area (Å²) in [5.74, 6) is -0.0117. The number of fused-ring (bicyclic) bond motifs is 1. The first-order chi connectivity index (χ1) is 6.57. The topological polar surface area (TPSA) is 29.1 Å². The summed E-state index contributed by atoms with van der Waals surface area (Å²) < 4.78 is 0.